The van der Waals surface area contributed by atoms with Gasteiger partial charge in [-0.1, -0.05) is 30.9 Å². The van der Waals surface area contributed by atoms with Crippen molar-refractivity contribution in [3.05, 3.63) is 42.0 Å². The fourth-order valence-electron chi connectivity index (χ4n) is 3.12. The first-order chi connectivity index (χ1) is 14.0. The third-order valence-corrected chi connectivity index (χ3v) is 4.43. The van der Waals surface area contributed by atoms with Gasteiger partial charge in [0.15, 0.2) is 0 Å². The first-order valence-corrected chi connectivity index (χ1v) is 10.3. The summed E-state index contributed by atoms with van der Waals surface area (Å²) < 4.78 is 5.21. The lowest BCUT2D eigenvalue weighted by molar-refractivity contribution is -0.141. The molecule has 0 bridgehead atoms. The van der Waals surface area contributed by atoms with Gasteiger partial charge >= 0.3 is 6.09 Å². The summed E-state index contributed by atoms with van der Waals surface area (Å²) in [5, 5.41) is 5.43. The second-order valence-corrected chi connectivity index (χ2v) is 8.83. The van der Waals surface area contributed by atoms with E-state index in [0.29, 0.717) is 5.56 Å². The smallest absolute Gasteiger partial charge is 0.408 e. The molecule has 0 aliphatic heterocycles. The van der Waals surface area contributed by atoms with Crippen molar-refractivity contribution in [2.24, 2.45) is 0 Å². The molecule has 0 spiro atoms. The predicted molar refractivity (Wildman–Crippen MR) is 117 cm³/mol. The van der Waals surface area contributed by atoms with Crippen LogP contribution in [0.1, 0.15) is 64.6 Å². The van der Waals surface area contributed by atoms with Crippen molar-refractivity contribution in [3.63, 3.8) is 0 Å². The summed E-state index contributed by atoms with van der Waals surface area (Å²) in [6.45, 7) is 12.6. The molecular weight excluding hydrogens is 382 g/mol. The summed E-state index contributed by atoms with van der Waals surface area (Å²) in [5.41, 5.74) is 0.918. The number of ether oxygens (including phenoxy) is 1. The number of rotatable bonds is 8. The number of amides is 3. The van der Waals surface area contributed by atoms with Crippen molar-refractivity contribution in [2.75, 3.05) is 6.54 Å². The summed E-state index contributed by atoms with van der Waals surface area (Å²) >= 11 is 0. The Labute approximate surface area is 178 Å². The maximum absolute atomic E-state index is 13.1. The standard InChI is InChI=1S/C23H33N3O4/c1-7-16-9-8-10-17(13-16)20(21(28)25-15(2)3)26(18-11-12-18)19(27)14-24-22(29)30-23(4,5)6/h7-10,13,15,18,20H,1,11-12,14H2,2-6H3,(H,24,29)(H,25,28). The highest BCUT2D eigenvalue weighted by atomic mass is 16.6. The molecular formula is C23H33N3O4. The van der Waals surface area contributed by atoms with Gasteiger partial charge in [-0.25, -0.2) is 4.79 Å². The number of carbonyl (C=O) groups excluding carboxylic acids is 3. The highest BCUT2D eigenvalue weighted by molar-refractivity contribution is 5.91. The lowest BCUT2D eigenvalue weighted by Gasteiger charge is -2.32. The highest BCUT2D eigenvalue weighted by Gasteiger charge is 2.41. The van der Waals surface area contributed by atoms with Crippen LogP contribution in [0.25, 0.3) is 6.08 Å². The van der Waals surface area contributed by atoms with Gasteiger partial charge in [0.25, 0.3) is 0 Å². The minimum Gasteiger partial charge on any atom is -0.444 e. The van der Waals surface area contributed by atoms with E-state index in [1.807, 2.05) is 38.1 Å². The lowest BCUT2D eigenvalue weighted by atomic mass is 10.0. The molecule has 2 N–H and O–H groups in total. The minimum absolute atomic E-state index is 0.0340. The second-order valence-electron chi connectivity index (χ2n) is 8.83. The van der Waals surface area contributed by atoms with E-state index in [0.717, 1.165) is 18.4 Å². The number of hydrogen-bond donors (Lipinski definition) is 2. The molecule has 1 aliphatic rings. The zero-order chi connectivity index (χ0) is 22.5. The number of carbonyl (C=O) groups is 3. The second kappa shape index (κ2) is 9.78. The number of nitrogens with one attached hydrogen (secondary N) is 2. The molecule has 164 valence electrons. The number of nitrogens with zero attached hydrogens (tertiary/aromatic N) is 1. The van der Waals surface area contributed by atoms with Crippen molar-refractivity contribution in [1.82, 2.24) is 15.5 Å². The number of alkyl carbamates (subject to hydrolysis) is 1. The van der Waals surface area contributed by atoms with Crippen LogP contribution in [0.3, 0.4) is 0 Å². The molecule has 1 aromatic rings. The van der Waals surface area contributed by atoms with Gasteiger partial charge in [0.05, 0.1) is 0 Å². The molecule has 1 saturated carbocycles. The molecule has 1 aromatic carbocycles. The monoisotopic (exact) mass is 415 g/mol. The van der Waals surface area contributed by atoms with Gasteiger partial charge in [0.1, 0.15) is 18.2 Å². The minimum atomic E-state index is -0.785. The van der Waals surface area contributed by atoms with Crippen LogP contribution in [0.5, 0.6) is 0 Å². The molecule has 0 heterocycles. The number of hydrogen-bond acceptors (Lipinski definition) is 4. The predicted octanol–water partition coefficient (Wildman–Crippen LogP) is 3.41. The molecule has 30 heavy (non-hydrogen) atoms. The van der Waals surface area contributed by atoms with Crippen LogP contribution < -0.4 is 10.6 Å². The molecule has 0 aromatic heterocycles. The Morgan fingerprint density at radius 1 is 1.27 bits per heavy atom. The average Bonchev–Trinajstić information content (AvgIpc) is 3.46. The molecule has 7 nitrogen and oxygen atoms in total. The van der Waals surface area contributed by atoms with Crippen LogP contribution in [0.15, 0.2) is 30.8 Å². The lowest BCUT2D eigenvalue weighted by Crippen LogP contribution is -2.49. The van der Waals surface area contributed by atoms with E-state index in [4.69, 9.17) is 4.74 Å². The zero-order valence-corrected chi connectivity index (χ0v) is 18.5. The maximum atomic E-state index is 13.1. The largest absolute Gasteiger partial charge is 0.444 e. The van der Waals surface area contributed by atoms with Gasteiger partial charge < -0.3 is 20.3 Å². The average molecular weight is 416 g/mol. The molecule has 7 heteroatoms. The Morgan fingerprint density at radius 2 is 1.93 bits per heavy atom. The Hall–Kier alpha value is -2.83. The molecule has 3 amide bonds. The van der Waals surface area contributed by atoms with Crippen LogP contribution >= 0.6 is 0 Å². The van der Waals surface area contributed by atoms with Crippen LogP contribution in [-0.2, 0) is 14.3 Å². The van der Waals surface area contributed by atoms with E-state index in [1.165, 1.54) is 0 Å². The molecule has 1 aliphatic carbocycles. The molecule has 1 fully saturated rings. The van der Waals surface area contributed by atoms with E-state index in [1.54, 1.807) is 31.7 Å². The van der Waals surface area contributed by atoms with Gasteiger partial charge in [-0.05, 0) is 64.7 Å². The van der Waals surface area contributed by atoms with Crippen LogP contribution in [0.2, 0.25) is 0 Å². The summed E-state index contributed by atoms with van der Waals surface area (Å²) in [7, 11) is 0. The first-order valence-electron chi connectivity index (χ1n) is 10.3. The van der Waals surface area contributed by atoms with E-state index >= 15 is 0 Å². The van der Waals surface area contributed by atoms with E-state index in [2.05, 4.69) is 17.2 Å². The van der Waals surface area contributed by atoms with Crippen molar-refractivity contribution < 1.29 is 19.1 Å². The van der Waals surface area contributed by atoms with Crippen LogP contribution in [-0.4, -0.2) is 47.0 Å². The van der Waals surface area contributed by atoms with Crippen molar-refractivity contribution in [3.8, 4) is 0 Å². The molecule has 1 unspecified atom stereocenters. The molecule has 0 saturated heterocycles. The van der Waals surface area contributed by atoms with Gasteiger partial charge in [-0.3, -0.25) is 9.59 Å². The van der Waals surface area contributed by atoms with Gasteiger partial charge in [0.2, 0.25) is 11.8 Å². The van der Waals surface area contributed by atoms with Crippen LogP contribution in [0, 0.1) is 0 Å². The molecule has 0 radical (unpaired) electrons. The van der Waals surface area contributed by atoms with Crippen molar-refractivity contribution in [2.45, 2.75) is 71.2 Å². The van der Waals surface area contributed by atoms with Crippen molar-refractivity contribution >= 4 is 24.0 Å². The maximum Gasteiger partial charge on any atom is 0.408 e. The summed E-state index contributed by atoms with van der Waals surface area (Å²) in [5.74, 6) is -0.569. The van der Waals surface area contributed by atoms with Gasteiger partial charge in [0, 0.05) is 12.1 Å². The Kier molecular flexibility index (Phi) is 7.65. The van der Waals surface area contributed by atoms with E-state index < -0.39 is 17.7 Å². The Morgan fingerprint density at radius 3 is 2.47 bits per heavy atom. The highest BCUT2D eigenvalue weighted by Crippen LogP contribution is 2.35. The topological polar surface area (TPSA) is 87.7 Å². The number of benzene rings is 1. The van der Waals surface area contributed by atoms with E-state index in [-0.39, 0.29) is 30.4 Å². The van der Waals surface area contributed by atoms with Gasteiger partial charge in [-0.15, -0.1) is 0 Å². The fraction of sp³-hybridized carbons (Fsp3) is 0.522. The zero-order valence-electron chi connectivity index (χ0n) is 18.5. The van der Waals surface area contributed by atoms with Crippen LogP contribution in [0.4, 0.5) is 4.79 Å². The Balaban J connectivity index is 2.27. The third kappa shape index (κ3) is 6.90. The summed E-state index contributed by atoms with van der Waals surface area (Å²) in [6.07, 6.45) is 2.69. The quantitative estimate of drug-likeness (QED) is 0.681. The normalized spacial score (nSPS) is 14.6. The fourth-order valence-corrected chi connectivity index (χ4v) is 3.12. The van der Waals surface area contributed by atoms with Crippen molar-refractivity contribution in [1.29, 1.82) is 0 Å². The third-order valence-electron chi connectivity index (χ3n) is 4.43. The first kappa shape index (κ1) is 23.4. The Bertz CT molecular complexity index is 794. The SMILES string of the molecule is C=Cc1cccc(C(C(=O)NC(C)C)N(C(=O)CNC(=O)OC(C)(C)C)C2CC2)c1. The summed E-state index contributed by atoms with van der Waals surface area (Å²) in [4.78, 5) is 39.8. The molecule has 1 atom stereocenters. The molecule has 2 rings (SSSR count). The summed E-state index contributed by atoms with van der Waals surface area (Å²) in [6, 6.07) is 6.54. The van der Waals surface area contributed by atoms with E-state index in [9.17, 15) is 14.4 Å². The van der Waals surface area contributed by atoms with Gasteiger partial charge in [-0.2, -0.15) is 0 Å².